The van der Waals surface area contributed by atoms with Crippen LogP contribution in [0.4, 0.5) is 15.4 Å². The third kappa shape index (κ3) is 17.6. The second kappa shape index (κ2) is 27.5. The number of methoxy groups -OCH3 is 2. The van der Waals surface area contributed by atoms with E-state index >= 15 is 0 Å². The molecule has 1 aliphatic rings. The molecule has 0 bridgehead atoms. The van der Waals surface area contributed by atoms with Crippen LogP contribution in [-0.2, 0) is 59.3 Å². The average molecular weight is 1020 g/mol. The fourth-order valence-corrected chi connectivity index (χ4v) is 5.58. The number of carbonyl (C=O) groups is 5. The summed E-state index contributed by atoms with van der Waals surface area (Å²) in [6.45, 7) is 0.216. The maximum atomic E-state index is 13.2. The van der Waals surface area contributed by atoms with E-state index in [1.165, 1.54) is 25.3 Å². The maximum absolute atomic E-state index is 13.2. The zero-order valence-corrected chi connectivity index (χ0v) is 37.1. The Morgan fingerprint density at radius 2 is 1.50 bits per heavy atom. The van der Waals surface area contributed by atoms with E-state index in [9.17, 15) is 24.0 Å². The predicted octanol–water partition coefficient (Wildman–Crippen LogP) is 4.07. The molecule has 2 atom stereocenters. The minimum absolute atomic E-state index is 0.0347. The molecule has 1 fully saturated rings. The molecule has 0 aliphatic carbocycles. The lowest BCUT2D eigenvalue weighted by Gasteiger charge is -2.22. The zero-order chi connectivity index (χ0) is 42.9. The number of nitrogens with one attached hydrogen (secondary N) is 2. The van der Waals surface area contributed by atoms with Gasteiger partial charge in [-0.25, -0.2) is 19.4 Å². The molecule has 1 aliphatic heterocycles. The summed E-state index contributed by atoms with van der Waals surface area (Å²) in [5.74, 6) is 10.4. The molecule has 3 amide bonds. The lowest BCUT2D eigenvalue weighted by Crippen LogP contribution is -2.42. The number of alkyl carbamates (subject to hydrolysis) is 2. The van der Waals surface area contributed by atoms with Gasteiger partial charge in [0.1, 0.15) is 11.9 Å². The Morgan fingerprint density at radius 1 is 0.845 bits per heavy atom. The molecule has 1 aromatic heterocycles. The van der Waals surface area contributed by atoms with Gasteiger partial charge in [-0.1, -0.05) is 93.1 Å². The van der Waals surface area contributed by atoms with Gasteiger partial charge in [0.05, 0.1) is 26.7 Å². The Hall–Kier alpha value is -5.12. The number of hydrogen-bond acceptors (Lipinski definition) is 12. The molecule has 17 heteroatoms. The molecule has 310 valence electrons. The predicted molar refractivity (Wildman–Crippen MR) is 236 cm³/mol. The number of alkyl halides is 2. The van der Waals surface area contributed by atoms with Gasteiger partial charge in [0.25, 0.3) is 0 Å². The first-order chi connectivity index (χ1) is 28.1. The summed E-state index contributed by atoms with van der Waals surface area (Å²) in [5.41, 5.74) is 15.6. The van der Waals surface area contributed by atoms with E-state index in [4.69, 9.17) is 30.4 Å². The first-order valence-corrected chi connectivity index (χ1v) is 22.0. The first kappa shape index (κ1) is 49.0. The zero-order valence-electron chi connectivity index (χ0n) is 32.8. The Labute approximate surface area is 366 Å². The smallest absolute Gasteiger partial charge is 0.408 e. The van der Waals surface area contributed by atoms with E-state index in [2.05, 4.69) is 84.5 Å². The highest BCUT2D eigenvalue weighted by molar-refractivity contribution is 14.1. The van der Waals surface area contributed by atoms with Crippen molar-refractivity contribution in [2.24, 2.45) is 5.73 Å². The fraction of sp³-hybridized carbons (Fsp3) is 0.366. The highest BCUT2D eigenvalue weighted by atomic mass is 127. The number of nitrogen functional groups attached to an aromatic ring is 1. The number of pyridine rings is 1. The Bertz CT molecular complexity index is 1980. The number of anilines is 1. The van der Waals surface area contributed by atoms with Crippen molar-refractivity contribution in [3.63, 3.8) is 0 Å². The van der Waals surface area contributed by atoms with E-state index in [1.54, 1.807) is 30.3 Å². The molecule has 2 aromatic carbocycles. The number of amides is 3. The summed E-state index contributed by atoms with van der Waals surface area (Å²) in [5, 5.41) is 5.30. The van der Waals surface area contributed by atoms with E-state index in [-0.39, 0.29) is 51.5 Å². The number of likely N-dealkylation sites (tertiary alicyclic amines) is 1. The highest BCUT2D eigenvalue weighted by Gasteiger charge is 2.40. The van der Waals surface area contributed by atoms with Crippen molar-refractivity contribution in [2.45, 2.75) is 50.9 Å². The van der Waals surface area contributed by atoms with Crippen LogP contribution in [0, 0.1) is 23.7 Å². The van der Waals surface area contributed by atoms with Crippen molar-refractivity contribution in [3.8, 4) is 23.7 Å². The molecule has 2 heterocycles. The molecule has 1 saturated heterocycles. The van der Waals surface area contributed by atoms with Gasteiger partial charge >= 0.3 is 24.1 Å². The molecule has 6 N–H and O–H groups in total. The second-order valence-electron chi connectivity index (χ2n) is 12.1. The number of halogens is 2. The van der Waals surface area contributed by atoms with Gasteiger partial charge in [-0.2, -0.15) is 0 Å². The molecule has 0 spiro atoms. The van der Waals surface area contributed by atoms with Crippen LogP contribution in [-0.4, -0.2) is 95.8 Å². The van der Waals surface area contributed by atoms with Gasteiger partial charge in [0.15, 0.2) is 13.2 Å². The maximum Gasteiger partial charge on any atom is 0.408 e. The highest BCUT2D eigenvalue weighted by Crippen LogP contribution is 2.21. The van der Waals surface area contributed by atoms with E-state index in [0.717, 1.165) is 16.7 Å². The van der Waals surface area contributed by atoms with Crippen molar-refractivity contribution in [2.75, 3.05) is 49.6 Å². The van der Waals surface area contributed by atoms with Crippen molar-refractivity contribution in [1.82, 2.24) is 20.5 Å². The van der Waals surface area contributed by atoms with Gasteiger partial charge in [-0.15, -0.1) is 0 Å². The SMILES string of the molecule is CI.CI.COC(=O)Cc1cc(C#CCOC(=O)NCc2ccnc(N)c2)cc(C#CCOC(=O)NC2CC(C(=O)OC)N(C(=O)CCc3cccc(CN)c3)C2)c1. The standard InChI is InChI=1S/C39H42N6O9.2CH3I/c1-51-36(47)21-31-18-27(8-4-14-53-38(49)43-24-30-12-13-42-34(41)20-30)17-28(19-31)9-5-15-54-39(50)44-32-22-33(37(48)52-2)45(25-32)35(46)11-10-26-6-3-7-29(16-26)23-40;2*1-2/h3,6-7,12-13,16-20,32-33H,10-11,14-15,21-25,40H2,1-2H3,(H2,41,42)(H,43,49)(H,44,50);2*1H3. The van der Waals surface area contributed by atoms with E-state index in [0.29, 0.717) is 35.5 Å². The molecule has 58 heavy (non-hydrogen) atoms. The van der Waals surface area contributed by atoms with E-state index < -0.39 is 36.2 Å². The van der Waals surface area contributed by atoms with Crippen LogP contribution in [0.5, 0.6) is 0 Å². The monoisotopic (exact) mass is 1020 g/mol. The number of hydrogen-bond donors (Lipinski definition) is 4. The summed E-state index contributed by atoms with van der Waals surface area (Å²) in [7, 11) is 2.53. The second-order valence-corrected chi connectivity index (χ2v) is 12.1. The van der Waals surface area contributed by atoms with Crippen molar-refractivity contribution in [3.05, 3.63) is 94.2 Å². The average Bonchev–Trinajstić information content (AvgIpc) is 3.67. The van der Waals surface area contributed by atoms with Crippen LogP contribution >= 0.6 is 45.2 Å². The van der Waals surface area contributed by atoms with Crippen LogP contribution in [0.1, 0.15) is 46.2 Å². The summed E-state index contributed by atoms with van der Waals surface area (Å²) < 4.78 is 20.1. The lowest BCUT2D eigenvalue weighted by atomic mass is 10.0. The lowest BCUT2D eigenvalue weighted by molar-refractivity contribution is -0.150. The molecular formula is C41H48I2N6O9. The minimum Gasteiger partial charge on any atom is -0.469 e. The molecule has 15 nitrogen and oxygen atoms in total. The largest absolute Gasteiger partial charge is 0.469 e. The number of nitrogens with two attached hydrogens (primary N) is 2. The normalized spacial score (nSPS) is 13.5. The molecular weight excluding hydrogens is 974 g/mol. The summed E-state index contributed by atoms with van der Waals surface area (Å²) in [6.07, 6.45) is 0.850. The fourth-order valence-electron chi connectivity index (χ4n) is 5.58. The van der Waals surface area contributed by atoms with Crippen molar-refractivity contribution < 1.29 is 42.9 Å². The van der Waals surface area contributed by atoms with Crippen molar-refractivity contribution >= 4 is 81.0 Å². The number of rotatable bonds is 12. The number of carbonyl (C=O) groups excluding carboxylic acids is 5. The molecule has 2 unspecified atom stereocenters. The number of nitrogens with zero attached hydrogens (tertiary/aromatic N) is 2. The number of esters is 2. The van der Waals surface area contributed by atoms with Gasteiger partial charge in [0.2, 0.25) is 5.91 Å². The minimum atomic E-state index is -0.848. The number of ether oxygens (including phenoxy) is 4. The third-order valence-electron chi connectivity index (χ3n) is 8.14. The molecule has 3 aromatic rings. The van der Waals surface area contributed by atoms with Gasteiger partial charge in [0, 0.05) is 49.8 Å². The quantitative estimate of drug-likeness (QED) is 0.0665. The van der Waals surface area contributed by atoms with Gasteiger partial charge in [-0.3, -0.25) is 9.59 Å². The van der Waals surface area contributed by atoms with Crippen LogP contribution in [0.3, 0.4) is 0 Å². The molecule has 4 rings (SSSR count). The van der Waals surface area contributed by atoms with Crippen LogP contribution in [0.2, 0.25) is 0 Å². The number of aryl methyl sites for hydroxylation is 1. The summed E-state index contributed by atoms with van der Waals surface area (Å²) >= 11 is 4.30. The Morgan fingerprint density at radius 3 is 2.12 bits per heavy atom. The van der Waals surface area contributed by atoms with Crippen LogP contribution < -0.4 is 22.1 Å². The summed E-state index contributed by atoms with van der Waals surface area (Å²) in [6, 6.07) is 14.6. The summed E-state index contributed by atoms with van der Waals surface area (Å²) in [4.78, 5) is 71.6. The van der Waals surface area contributed by atoms with Gasteiger partial charge in [-0.05, 0) is 68.9 Å². The first-order valence-electron chi connectivity index (χ1n) is 17.7. The number of benzene rings is 2. The molecule has 0 radical (unpaired) electrons. The Balaban J connectivity index is 0.00000281. The van der Waals surface area contributed by atoms with Crippen LogP contribution in [0.15, 0.2) is 60.8 Å². The number of aromatic nitrogens is 1. The third-order valence-corrected chi connectivity index (χ3v) is 8.14. The Kier molecular flexibility index (Phi) is 23.2. The van der Waals surface area contributed by atoms with Gasteiger partial charge < -0.3 is 45.9 Å². The van der Waals surface area contributed by atoms with Crippen molar-refractivity contribution in [1.29, 1.82) is 0 Å². The topological polar surface area (TPSA) is 214 Å². The molecule has 0 saturated carbocycles. The van der Waals surface area contributed by atoms with Crippen LogP contribution in [0.25, 0.3) is 0 Å². The van der Waals surface area contributed by atoms with E-state index in [1.807, 2.05) is 34.1 Å².